The van der Waals surface area contributed by atoms with E-state index in [1.807, 2.05) is 20.8 Å². The quantitative estimate of drug-likeness (QED) is 0.382. The second-order valence-electron chi connectivity index (χ2n) is 4.01. The van der Waals surface area contributed by atoms with Gasteiger partial charge in [0.05, 0.1) is 6.10 Å². The van der Waals surface area contributed by atoms with Gasteiger partial charge in [-0.15, -0.1) is 0 Å². The Bertz CT molecular complexity index is 190. The van der Waals surface area contributed by atoms with E-state index in [2.05, 4.69) is 10.6 Å². The Hall–Kier alpha value is -0.490. The summed E-state index contributed by atoms with van der Waals surface area (Å²) in [6, 6.07) is 0.234. The van der Waals surface area contributed by atoms with Gasteiger partial charge in [-0.2, -0.15) is 0 Å². The molecule has 0 heterocycles. The van der Waals surface area contributed by atoms with Crippen LogP contribution in [0.3, 0.4) is 0 Å². The lowest BCUT2D eigenvalue weighted by Gasteiger charge is -2.25. The third-order valence-corrected chi connectivity index (χ3v) is 2.70. The van der Waals surface area contributed by atoms with Gasteiger partial charge in [0.2, 0.25) is 0 Å². The molecule has 96 valence electrons. The number of hydrogen-bond acceptors (Lipinski definition) is 5. The highest BCUT2D eigenvalue weighted by Crippen LogP contribution is 1.96. The lowest BCUT2D eigenvalue weighted by atomic mass is 10.1. The smallest absolute Gasteiger partial charge is 0.164 e. The van der Waals surface area contributed by atoms with Crippen LogP contribution in [-0.2, 0) is 9.53 Å². The number of aldehydes is 1. The van der Waals surface area contributed by atoms with Gasteiger partial charge < -0.3 is 15.2 Å². The van der Waals surface area contributed by atoms with Crippen molar-refractivity contribution in [2.24, 2.45) is 0 Å². The molecule has 0 aliphatic rings. The summed E-state index contributed by atoms with van der Waals surface area (Å²) in [5, 5.41) is 15.6. The molecular formula is C11H24N2O3. The standard InChI is InChI=1S/C11H24N2O3/c1-5-10(15)6-12-8(2)9(3)13-11(7-14)16-4/h7-13,15H,5-6H2,1-4H3/t8?,9?,10?,11-/m1/s1. The largest absolute Gasteiger partial charge is 0.392 e. The average molecular weight is 232 g/mol. The highest BCUT2D eigenvalue weighted by atomic mass is 16.5. The number of hydrogen-bond donors (Lipinski definition) is 3. The van der Waals surface area contributed by atoms with Crippen molar-refractivity contribution in [2.45, 2.75) is 51.6 Å². The van der Waals surface area contributed by atoms with E-state index in [-0.39, 0.29) is 18.2 Å². The van der Waals surface area contributed by atoms with Crippen molar-refractivity contribution < 1.29 is 14.6 Å². The van der Waals surface area contributed by atoms with Crippen molar-refractivity contribution in [1.82, 2.24) is 10.6 Å². The van der Waals surface area contributed by atoms with Crippen LogP contribution in [0.15, 0.2) is 0 Å². The fourth-order valence-corrected chi connectivity index (χ4v) is 1.21. The van der Waals surface area contributed by atoms with Gasteiger partial charge in [0.25, 0.3) is 0 Å². The predicted octanol–water partition coefficient (Wildman–Crippen LogP) is -0.115. The molecule has 0 saturated carbocycles. The number of carbonyl (C=O) groups excluding carboxylic acids is 1. The van der Waals surface area contributed by atoms with Gasteiger partial charge in [-0.25, -0.2) is 0 Å². The van der Waals surface area contributed by atoms with Crippen LogP contribution in [0.1, 0.15) is 27.2 Å². The summed E-state index contributed by atoms with van der Waals surface area (Å²) in [5.74, 6) is 0. The highest BCUT2D eigenvalue weighted by molar-refractivity contribution is 5.55. The van der Waals surface area contributed by atoms with E-state index in [1.54, 1.807) is 0 Å². The number of ether oxygens (including phenoxy) is 1. The molecule has 0 aromatic heterocycles. The molecule has 5 nitrogen and oxygen atoms in total. The summed E-state index contributed by atoms with van der Waals surface area (Å²) in [5.41, 5.74) is 0. The van der Waals surface area contributed by atoms with E-state index >= 15 is 0 Å². The Morgan fingerprint density at radius 1 is 1.38 bits per heavy atom. The van der Waals surface area contributed by atoms with Crippen molar-refractivity contribution in [3.63, 3.8) is 0 Å². The lowest BCUT2D eigenvalue weighted by molar-refractivity contribution is -0.118. The van der Waals surface area contributed by atoms with Crippen LogP contribution in [0.25, 0.3) is 0 Å². The SMILES string of the molecule is CCC(O)CNC(C)C(C)N[C@@H](C=O)OC. The molecule has 0 aromatic rings. The highest BCUT2D eigenvalue weighted by Gasteiger charge is 2.16. The van der Waals surface area contributed by atoms with Crippen LogP contribution in [0.2, 0.25) is 0 Å². The van der Waals surface area contributed by atoms with Crippen molar-refractivity contribution >= 4 is 6.29 Å². The van der Waals surface area contributed by atoms with Crippen molar-refractivity contribution in [3.8, 4) is 0 Å². The molecule has 0 aromatic carbocycles. The number of rotatable bonds is 9. The molecule has 0 saturated heterocycles. The Kier molecular flexibility index (Phi) is 8.37. The number of nitrogens with one attached hydrogen (secondary N) is 2. The van der Waals surface area contributed by atoms with E-state index in [4.69, 9.17) is 4.74 Å². The van der Waals surface area contributed by atoms with Crippen LogP contribution < -0.4 is 10.6 Å². The minimum Gasteiger partial charge on any atom is -0.392 e. The van der Waals surface area contributed by atoms with Crippen LogP contribution in [0.5, 0.6) is 0 Å². The zero-order valence-electron chi connectivity index (χ0n) is 10.6. The second kappa shape index (κ2) is 8.64. The van der Waals surface area contributed by atoms with E-state index in [1.165, 1.54) is 7.11 Å². The summed E-state index contributed by atoms with van der Waals surface area (Å²) in [6.45, 7) is 6.46. The second-order valence-corrected chi connectivity index (χ2v) is 4.01. The number of aliphatic hydroxyl groups is 1. The molecule has 0 bridgehead atoms. The molecule has 5 heteroatoms. The summed E-state index contributed by atoms with van der Waals surface area (Å²) in [4.78, 5) is 10.6. The summed E-state index contributed by atoms with van der Waals surface area (Å²) >= 11 is 0. The zero-order valence-corrected chi connectivity index (χ0v) is 10.6. The molecule has 4 atom stereocenters. The minimum atomic E-state index is -0.574. The fraction of sp³-hybridized carbons (Fsp3) is 0.909. The van der Waals surface area contributed by atoms with Crippen molar-refractivity contribution in [1.29, 1.82) is 0 Å². The van der Waals surface area contributed by atoms with Crippen LogP contribution in [-0.4, -0.2) is 49.5 Å². The van der Waals surface area contributed by atoms with Crippen molar-refractivity contribution in [3.05, 3.63) is 0 Å². The van der Waals surface area contributed by atoms with Gasteiger partial charge >= 0.3 is 0 Å². The first-order chi connectivity index (χ1) is 7.54. The molecule has 0 spiro atoms. The molecule has 0 aliphatic carbocycles. The molecule has 0 aliphatic heterocycles. The van der Waals surface area contributed by atoms with Gasteiger partial charge in [0.1, 0.15) is 0 Å². The van der Waals surface area contributed by atoms with Gasteiger partial charge in [-0.3, -0.25) is 10.1 Å². The first kappa shape index (κ1) is 15.5. The van der Waals surface area contributed by atoms with Crippen LogP contribution >= 0.6 is 0 Å². The maximum absolute atomic E-state index is 10.6. The number of carbonyl (C=O) groups is 1. The number of methoxy groups -OCH3 is 1. The maximum atomic E-state index is 10.6. The summed E-state index contributed by atoms with van der Waals surface area (Å²) < 4.78 is 4.91. The predicted molar refractivity (Wildman–Crippen MR) is 63.2 cm³/mol. The van der Waals surface area contributed by atoms with Gasteiger partial charge in [-0.1, -0.05) is 6.92 Å². The van der Waals surface area contributed by atoms with E-state index < -0.39 is 6.23 Å². The van der Waals surface area contributed by atoms with Gasteiger partial charge in [0.15, 0.2) is 12.5 Å². The zero-order chi connectivity index (χ0) is 12.6. The number of aliphatic hydroxyl groups excluding tert-OH is 1. The summed E-state index contributed by atoms with van der Waals surface area (Å²) in [7, 11) is 1.48. The average Bonchev–Trinajstić information content (AvgIpc) is 2.31. The molecule has 3 N–H and O–H groups in total. The molecule has 0 rings (SSSR count). The van der Waals surface area contributed by atoms with Gasteiger partial charge in [0, 0.05) is 25.7 Å². The first-order valence-corrected chi connectivity index (χ1v) is 5.70. The lowest BCUT2D eigenvalue weighted by Crippen LogP contribution is -2.50. The first-order valence-electron chi connectivity index (χ1n) is 5.70. The van der Waals surface area contributed by atoms with E-state index in [0.29, 0.717) is 6.54 Å². The molecular weight excluding hydrogens is 208 g/mol. The van der Waals surface area contributed by atoms with Gasteiger partial charge in [-0.05, 0) is 20.3 Å². The Morgan fingerprint density at radius 2 is 2.00 bits per heavy atom. The minimum absolute atomic E-state index is 0.0826. The maximum Gasteiger partial charge on any atom is 0.164 e. The molecule has 0 fully saturated rings. The topological polar surface area (TPSA) is 70.6 Å². The third kappa shape index (κ3) is 6.17. The Morgan fingerprint density at radius 3 is 2.44 bits per heavy atom. The Balaban J connectivity index is 3.88. The Labute approximate surface area is 97.6 Å². The molecule has 0 amide bonds. The molecule has 3 unspecified atom stereocenters. The third-order valence-electron chi connectivity index (χ3n) is 2.70. The summed E-state index contributed by atoms with van der Waals surface area (Å²) in [6.07, 6.45) is 0.565. The van der Waals surface area contributed by atoms with Crippen LogP contribution in [0.4, 0.5) is 0 Å². The monoisotopic (exact) mass is 232 g/mol. The normalized spacial score (nSPS) is 18.8. The van der Waals surface area contributed by atoms with E-state index in [9.17, 15) is 9.90 Å². The molecule has 0 radical (unpaired) electrons. The fourth-order valence-electron chi connectivity index (χ4n) is 1.21. The van der Waals surface area contributed by atoms with Crippen LogP contribution in [0, 0.1) is 0 Å². The van der Waals surface area contributed by atoms with Crippen molar-refractivity contribution in [2.75, 3.05) is 13.7 Å². The van der Waals surface area contributed by atoms with E-state index in [0.717, 1.165) is 12.7 Å². The molecule has 16 heavy (non-hydrogen) atoms.